The molecular formula is C22H34N4O3. The first-order valence-electron chi connectivity index (χ1n) is 10.5. The zero-order chi connectivity index (χ0) is 21.2. The summed E-state index contributed by atoms with van der Waals surface area (Å²) < 4.78 is 0. The van der Waals surface area contributed by atoms with Crippen LogP contribution in [0.4, 0.5) is 10.5 Å². The summed E-state index contributed by atoms with van der Waals surface area (Å²) in [4.78, 5) is 37.8. The zero-order valence-corrected chi connectivity index (χ0v) is 17.8. The van der Waals surface area contributed by atoms with Crippen molar-refractivity contribution in [3.05, 3.63) is 29.3 Å². The molecule has 0 radical (unpaired) electrons. The molecule has 29 heavy (non-hydrogen) atoms. The maximum Gasteiger partial charge on any atom is 0.315 e. The van der Waals surface area contributed by atoms with Crippen molar-refractivity contribution in [3.8, 4) is 0 Å². The number of urea groups is 1. The topological polar surface area (TPSA) is 90.5 Å². The lowest BCUT2D eigenvalue weighted by Crippen LogP contribution is -2.43. The van der Waals surface area contributed by atoms with E-state index in [9.17, 15) is 14.4 Å². The number of amides is 4. The lowest BCUT2D eigenvalue weighted by atomic mass is 9.96. The smallest absolute Gasteiger partial charge is 0.315 e. The van der Waals surface area contributed by atoms with Gasteiger partial charge in [0.1, 0.15) is 0 Å². The van der Waals surface area contributed by atoms with Crippen LogP contribution in [0.2, 0.25) is 0 Å². The highest BCUT2D eigenvalue weighted by atomic mass is 16.2. The Morgan fingerprint density at radius 3 is 2.38 bits per heavy atom. The highest BCUT2D eigenvalue weighted by Gasteiger charge is 2.16. The van der Waals surface area contributed by atoms with E-state index in [0.717, 1.165) is 29.7 Å². The second-order valence-electron chi connectivity index (χ2n) is 7.90. The van der Waals surface area contributed by atoms with Crippen LogP contribution in [-0.4, -0.2) is 48.9 Å². The molecule has 0 atom stereocenters. The molecule has 7 heteroatoms. The predicted octanol–water partition coefficient (Wildman–Crippen LogP) is 3.11. The first-order valence-corrected chi connectivity index (χ1v) is 10.5. The summed E-state index contributed by atoms with van der Waals surface area (Å²) in [5, 5.41) is 8.69. The fourth-order valence-corrected chi connectivity index (χ4v) is 3.61. The van der Waals surface area contributed by atoms with Crippen molar-refractivity contribution < 1.29 is 14.4 Å². The molecule has 0 spiro atoms. The van der Waals surface area contributed by atoms with Crippen LogP contribution in [-0.2, 0) is 9.59 Å². The molecule has 1 saturated carbocycles. The van der Waals surface area contributed by atoms with Gasteiger partial charge in [-0.2, -0.15) is 0 Å². The Balaban J connectivity index is 1.64. The number of para-hydroxylation sites is 1. The van der Waals surface area contributed by atoms with E-state index in [0.29, 0.717) is 13.0 Å². The van der Waals surface area contributed by atoms with Gasteiger partial charge >= 0.3 is 6.03 Å². The molecule has 0 saturated heterocycles. The predicted molar refractivity (Wildman–Crippen MR) is 115 cm³/mol. The Morgan fingerprint density at radius 2 is 1.72 bits per heavy atom. The number of benzene rings is 1. The van der Waals surface area contributed by atoms with Crippen molar-refractivity contribution in [1.29, 1.82) is 0 Å². The molecule has 0 aromatic heterocycles. The van der Waals surface area contributed by atoms with Crippen molar-refractivity contribution in [1.82, 2.24) is 15.5 Å². The number of nitrogens with one attached hydrogen (secondary N) is 3. The van der Waals surface area contributed by atoms with Gasteiger partial charge in [0.05, 0.1) is 6.54 Å². The minimum atomic E-state index is -0.219. The van der Waals surface area contributed by atoms with Crippen LogP contribution in [0, 0.1) is 13.8 Å². The summed E-state index contributed by atoms with van der Waals surface area (Å²) in [6.45, 7) is 4.32. The van der Waals surface area contributed by atoms with Crippen molar-refractivity contribution in [2.45, 2.75) is 64.8 Å². The fourth-order valence-electron chi connectivity index (χ4n) is 3.61. The van der Waals surface area contributed by atoms with Gasteiger partial charge in [0.2, 0.25) is 11.8 Å². The highest BCUT2D eigenvalue weighted by Crippen LogP contribution is 2.19. The number of carbonyl (C=O) groups excluding carboxylic acids is 3. The number of nitrogens with zero attached hydrogens (tertiary/aromatic N) is 1. The lowest BCUT2D eigenvalue weighted by molar-refractivity contribution is -0.133. The second-order valence-corrected chi connectivity index (χ2v) is 7.90. The third-order valence-electron chi connectivity index (χ3n) is 5.35. The summed E-state index contributed by atoms with van der Waals surface area (Å²) in [6, 6.07) is 5.93. The largest absolute Gasteiger partial charge is 0.338 e. The lowest BCUT2D eigenvalue weighted by Gasteiger charge is -2.23. The first kappa shape index (κ1) is 22.7. The van der Waals surface area contributed by atoms with Crippen molar-refractivity contribution in [2.75, 3.05) is 25.5 Å². The second kappa shape index (κ2) is 11.4. The molecule has 0 aliphatic heterocycles. The standard InChI is InChI=1S/C22H34N4O3/c1-16-9-7-10-17(2)21(16)25-19(27)15-26(3)20(28)13-8-14-23-22(29)24-18-11-5-4-6-12-18/h7,9-10,18H,4-6,8,11-15H2,1-3H3,(H,25,27)(H2,23,24,29). The number of aryl methyl sites for hydroxylation is 2. The number of rotatable bonds is 8. The summed E-state index contributed by atoms with van der Waals surface area (Å²) in [5.41, 5.74) is 2.78. The molecular weight excluding hydrogens is 368 g/mol. The van der Waals surface area contributed by atoms with E-state index in [-0.39, 0.29) is 36.9 Å². The van der Waals surface area contributed by atoms with E-state index in [2.05, 4.69) is 16.0 Å². The molecule has 0 unspecified atom stereocenters. The molecule has 4 amide bonds. The first-order chi connectivity index (χ1) is 13.9. The van der Waals surface area contributed by atoms with Gasteiger partial charge in [0, 0.05) is 31.7 Å². The molecule has 160 valence electrons. The molecule has 0 bridgehead atoms. The van der Waals surface area contributed by atoms with E-state index in [1.807, 2.05) is 32.0 Å². The quantitative estimate of drug-likeness (QED) is 0.584. The Hall–Kier alpha value is -2.57. The average Bonchev–Trinajstić information content (AvgIpc) is 2.68. The van der Waals surface area contributed by atoms with E-state index in [4.69, 9.17) is 0 Å². The number of hydrogen-bond donors (Lipinski definition) is 3. The van der Waals surface area contributed by atoms with Crippen LogP contribution in [0.5, 0.6) is 0 Å². The van der Waals surface area contributed by atoms with Crippen molar-refractivity contribution >= 4 is 23.5 Å². The summed E-state index contributed by atoms with van der Waals surface area (Å²) in [5.74, 6) is -0.334. The Morgan fingerprint density at radius 1 is 1.07 bits per heavy atom. The zero-order valence-electron chi connectivity index (χ0n) is 17.8. The molecule has 0 heterocycles. The van der Waals surface area contributed by atoms with Crippen LogP contribution in [0.3, 0.4) is 0 Å². The van der Waals surface area contributed by atoms with Crippen LogP contribution in [0.1, 0.15) is 56.1 Å². The average molecular weight is 403 g/mol. The molecule has 1 aromatic rings. The summed E-state index contributed by atoms with van der Waals surface area (Å²) in [7, 11) is 1.62. The van der Waals surface area contributed by atoms with E-state index >= 15 is 0 Å². The number of carbonyl (C=O) groups is 3. The van der Waals surface area contributed by atoms with Crippen LogP contribution < -0.4 is 16.0 Å². The summed E-state index contributed by atoms with van der Waals surface area (Å²) >= 11 is 0. The Bertz CT molecular complexity index is 694. The van der Waals surface area contributed by atoms with Gasteiger partial charge in [-0.25, -0.2) is 4.79 Å². The third-order valence-corrected chi connectivity index (χ3v) is 5.35. The van der Waals surface area contributed by atoms with Gasteiger partial charge in [-0.3, -0.25) is 9.59 Å². The molecule has 3 N–H and O–H groups in total. The molecule has 1 aliphatic carbocycles. The van der Waals surface area contributed by atoms with E-state index in [1.54, 1.807) is 7.05 Å². The SMILES string of the molecule is Cc1cccc(C)c1NC(=O)CN(C)C(=O)CCCNC(=O)NC1CCCCC1. The molecule has 1 fully saturated rings. The van der Waals surface area contributed by atoms with E-state index in [1.165, 1.54) is 24.2 Å². The van der Waals surface area contributed by atoms with Crippen molar-refractivity contribution in [2.24, 2.45) is 0 Å². The maximum absolute atomic E-state index is 12.3. The van der Waals surface area contributed by atoms with Gasteiger partial charge in [-0.15, -0.1) is 0 Å². The normalized spacial score (nSPS) is 14.2. The minimum Gasteiger partial charge on any atom is -0.338 e. The Labute approximate surface area is 173 Å². The van der Waals surface area contributed by atoms with Gasteiger partial charge in [-0.1, -0.05) is 37.5 Å². The van der Waals surface area contributed by atoms with Gasteiger partial charge in [0.15, 0.2) is 0 Å². The fraction of sp³-hybridized carbons (Fsp3) is 0.591. The molecule has 7 nitrogen and oxygen atoms in total. The van der Waals surface area contributed by atoms with Crippen molar-refractivity contribution in [3.63, 3.8) is 0 Å². The number of anilines is 1. The third kappa shape index (κ3) is 7.75. The van der Waals surface area contributed by atoms with Crippen LogP contribution >= 0.6 is 0 Å². The monoisotopic (exact) mass is 402 g/mol. The maximum atomic E-state index is 12.3. The number of hydrogen-bond acceptors (Lipinski definition) is 3. The minimum absolute atomic E-state index is 0.00218. The van der Waals surface area contributed by atoms with Crippen LogP contribution in [0.15, 0.2) is 18.2 Å². The summed E-state index contributed by atoms with van der Waals surface area (Å²) in [6.07, 6.45) is 6.50. The number of likely N-dealkylation sites (N-methyl/N-ethyl adjacent to an activating group) is 1. The molecule has 2 rings (SSSR count). The molecule has 1 aliphatic rings. The van der Waals surface area contributed by atoms with Gasteiger partial charge < -0.3 is 20.9 Å². The van der Waals surface area contributed by atoms with E-state index < -0.39 is 0 Å². The molecule has 1 aromatic carbocycles. The van der Waals surface area contributed by atoms with Crippen LogP contribution in [0.25, 0.3) is 0 Å². The Kier molecular flexibility index (Phi) is 8.96. The van der Waals surface area contributed by atoms with Gasteiger partial charge in [0.25, 0.3) is 0 Å². The van der Waals surface area contributed by atoms with Gasteiger partial charge in [-0.05, 0) is 44.2 Å². The highest BCUT2D eigenvalue weighted by molar-refractivity contribution is 5.95.